The first-order chi connectivity index (χ1) is 14.2. The number of aryl methyl sites for hydroxylation is 1. The van der Waals surface area contributed by atoms with E-state index in [-0.39, 0.29) is 11.9 Å². The fourth-order valence-electron chi connectivity index (χ4n) is 3.98. The Morgan fingerprint density at radius 1 is 1.14 bits per heavy atom. The van der Waals surface area contributed by atoms with Crippen LogP contribution in [0.3, 0.4) is 0 Å². The topological polar surface area (TPSA) is 65.1 Å². The Balaban J connectivity index is 1.53. The molecule has 0 bridgehead atoms. The number of rotatable bonds is 6. The lowest BCUT2D eigenvalue weighted by Crippen LogP contribution is -3.15. The summed E-state index contributed by atoms with van der Waals surface area (Å²) in [6.45, 7) is 5.75. The van der Waals surface area contributed by atoms with E-state index < -0.39 is 0 Å². The van der Waals surface area contributed by atoms with Crippen LogP contribution in [0, 0.1) is 6.92 Å². The van der Waals surface area contributed by atoms with Crippen LogP contribution in [-0.2, 0) is 4.74 Å². The van der Waals surface area contributed by atoms with E-state index >= 15 is 0 Å². The van der Waals surface area contributed by atoms with Crippen molar-refractivity contribution in [3.8, 4) is 5.75 Å². The second-order valence-electron chi connectivity index (χ2n) is 7.36. The smallest absolute Gasteiger partial charge is 0.287 e. The van der Waals surface area contributed by atoms with Crippen LogP contribution in [0.25, 0.3) is 11.0 Å². The van der Waals surface area contributed by atoms with Crippen molar-refractivity contribution < 1.29 is 23.6 Å². The molecule has 1 amide bonds. The zero-order chi connectivity index (χ0) is 20.2. The standard InChI is InChI=1S/C23H26N2O4/c1-16-19-5-3-4-6-21(19)29-22(16)23(26)24-15-20(25-11-13-28-14-12-25)17-7-9-18(27-2)10-8-17/h3-10,20H,11-15H2,1-2H3,(H,24,26)/p+1/t20-/m1/s1. The molecular weight excluding hydrogens is 368 g/mol. The lowest BCUT2D eigenvalue weighted by molar-refractivity contribution is -0.937. The van der Waals surface area contributed by atoms with E-state index in [1.165, 1.54) is 10.5 Å². The number of benzene rings is 2. The van der Waals surface area contributed by atoms with E-state index in [0.717, 1.165) is 48.6 Å². The van der Waals surface area contributed by atoms with Gasteiger partial charge in [-0.3, -0.25) is 4.79 Å². The third-order valence-electron chi connectivity index (χ3n) is 5.66. The molecule has 1 aromatic heterocycles. The van der Waals surface area contributed by atoms with Crippen LogP contribution in [0.15, 0.2) is 52.9 Å². The number of morpholine rings is 1. The molecule has 0 radical (unpaired) electrons. The molecule has 2 N–H and O–H groups in total. The zero-order valence-corrected chi connectivity index (χ0v) is 16.9. The average molecular weight is 395 g/mol. The van der Waals surface area contributed by atoms with Crippen LogP contribution in [0.1, 0.15) is 27.7 Å². The van der Waals surface area contributed by atoms with Gasteiger partial charge in [0, 0.05) is 16.5 Å². The van der Waals surface area contributed by atoms with Crippen LogP contribution in [0.4, 0.5) is 0 Å². The Hall–Kier alpha value is -2.83. The maximum absolute atomic E-state index is 12.9. The van der Waals surface area contributed by atoms with Gasteiger partial charge >= 0.3 is 0 Å². The summed E-state index contributed by atoms with van der Waals surface area (Å²) in [5.74, 6) is 1.04. The number of carbonyl (C=O) groups is 1. The summed E-state index contributed by atoms with van der Waals surface area (Å²) in [4.78, 5) is 14.3. The highest BCUT2D eigenvalue weighted by Crippen LogP contribution is 2.25. The van der Waals surface area contributed by atoms with Crippen LogP contribution < -0.4 is 15.0 Å². The molecule has 3 aromatic rings. The molecule has 4 rings (SSSR count). The Morgan fingerprint density at radius 3 is 2.55 bits per heavy atom. The molecule has 0 spiro atoms. The number of furan rings is 1. The molecular formula is C23H27N2O4+. The van der Waals surface area contributed by atoms with Gasteiger partial charge in [0.2, 0.25) is 0 Å². The van der Waals surface area contributed by atoms with Gasteiger partial charge in [-0.25, -0.2) is 0 Å². The third kappa shape index (κ3) is 4.13. The Kier molecular flexibility index (Phi) is 5.83. The number of hydrogen-bond donors (Lipinski definition) is 2. The number of amides is 1. The molecule has 1 saturated heterocycles. The van der Waals surface area contributed by atoms with E-state index in [1.54, 1.807) is 7.11 Å². The summed E-state index contributed by atoms with van der Waals surface area (Å²) >= 11 is 0. The van der Waals surface area contributed by atoms with Gasteiger partial charge in [-0.15, -0.1) is 0 Å². The fourth-order valence-corrected chi connectivity index (χ4v) is 3.98. The normalized spacial score (nSPS) is 15.9. The second-order valence-corrected chi connectivity index (χ2v) is 7.36. The molecule has 1 atom stereocenters. The van der Waals surface area contributed by atoms with Crippen LogP contribution in [0.5, 0.6) is 5.75 Å². The Morgan fingerprint density at radius 2 is 1.86 bits per heavy atom. The number of fused-ring (bicyclic) bond motifs is 1. The third-order valence-corrected chi connectivity index (χ3v) is 5.66. The minimum atomic E-state index is -0.176. The van der Waals surface area contributed by atoms with Crippen molar-refractivity contribution in [1.29, 1.82) is 0 Å². The van der Waals surface area contributed by atoms with Crippen molar-refractivity contribution in [1.82, 2.24) is 5.32 Å². The number of quaternary nitrogens is 1. The molecule has 0 unspecified atom stereocenters. The van der Waals surface area contributed by atoms with Crippen LogP contribution >= 0.6 is 0 Å². The lowest BCUT2D eigenvalue weighted by Gasteiger charge is -2.32. The SMILES string of the molecule is COc1ccc([C@@H](CNC(=O)c2oc3ccccc3c2C)[NH+]2CCOCC2)cc1. The highest BCUT2D eigenvalue weighted by atomic mass is 16.5. The zero-order valence-electron chi connectivity index (χ0n) is 16.9. The summed E-state index contributed by atoms with van der Waals surface area (Å²) in [6, 6.07) is 15.9. The maximum Gasteiger partial charge on any atom is 0.287 e. The molecule has 6 nitrogen and oxygen atoms in total. The summed E-state index contributed by atoms with van der Waals surface area (Å²) in [7, 11) is 1.66. The summed E-state index contributed by atoms with van der Waals surface area (Å²) < 4.78 is 16.6. The number of ether oxygens (including phenoxy) is 2. The number of carbonyl (C=O) groups excluding carboxylic acids is 1. The number of para-hydroxylation sites is 1. The molecule has 0 aliphatic carbocycles. The summed E-state index contributed by atoms with van der Waals surface area (Å²) in [6.07, 6.45) is 0. The minimum absolute atomic E-state index is 0.137. The number of nitrogens with one attached hydrogen (secondary N) is 2. The quantitative estimate of drug-likeness (QED) is 0.671. The first-order valence-corrected chi connectivity index (χ1v) is 10.00. The van der Waals surface area contributed by atoms with Crippen molar-refractivity contribution >= 4 is 16.9 Å². The first kappa shape index (κ1) is 19.5. The van der Waals surface area contributed by atoms with Gasteiger partial charge in [0.25, 0.3) is 5.91 Å². The molecule has 0 saturated carbocycles. The summed E-state index contributed by atoms with van der Waals surface area (Å²) in [5, 5.41) is 4.07. The maximum atomic E-state index is 12.9. The van der Waals surface area contributed by atoms with Gasteiger partial charge in [-0.05, 0) is 37.3 Å². The van der Waals surface area contributed by atoms with E-state index in [4.69, 9.17) is 13.9 Å². The van der Waals surface area contributed by atoms with E-state index in [9.17, 15) is 4.79 Å². The van der Waals surface area contributed by atoms with Crippen LogP contribution in [0.2, 0.25) is 0 Å². The lowest BCUT2D eigenvalue weighted by atomic mass is 10.0. The predicted octanol–water partition coefficient (Wildman–Crippen LogP) is 2.14. The molecule has 1 aliphatic rings. The van der Waals surface area contributed by atoms with Crippen molar-refractivity contribution in [3.05, 3.63) is 65.4 Å². The van der Waals surface area contributed by atoms with Crippen molar-refractivity contribution in [3.63, 3.8) is 0 Å². The van der Waals surface area contributed by atoms with Gasteiger partial charge in [0.05, 0.1) is 26.9 Å². The molecule has 2 aromatic carbocycles. The van der Waals surface area contributed by atoms with Crippen molar-refractivity contribution in [2.45, 2.75) is 13.0 Å². The fraction of sp³-hybridized carbons (Fsp3) is 0.348. The van der Waals surface area contributed by atoms with E-state index in [2.05, 4.69) is 17.4 Å². The van der Waals surface area contributed by atoms with Crippen molar-refractivity contribution in [2.24, 2.45) is 0 Å². The Labute approximate surface area is 170 Å². The molecule has 2 heterocycles. The van der Waals surface area contributed by atoms with Gasteiger partial charge in [0.15, 0.2) is 5.76 Å². The van der Waals surface area contributed by atoms with Crippen LogP contribution in [-0.4, -0.2) is 45.9 Å². The van der Waals surface area contributed by atoms with E-state index in [0.29, 0.717) is 12.3 Å². The van der Waals surface area contributed by atoms with E-state index in [1.807, 2.05) is 43.3 Å². The monoisotopic (exact) mass is 395 g/mol. The molecule has 29 heavy (non-hydrogen) atoms. The molecule has 152 valence electrons. The number of methoxy groups -OCH3 is 1. The van der Waals surface area contributed by atoms with Gasteiger partial charge in [-0.1, -0.05) is 18.2 Å². The minimum Gasteiger partial charge on any atom is -0.497 e. The van der Waals surface area contributed by atoms with Gasteiger partial charge < -0.3 is 24.1 Å². The molecule has 6 heteroatoms. The molecule has 1 aliphatic heterocycles. The highest BCUT2D eigenvalue weighted by Gasteiger charge is 2.28. The predicted molar refractivity (Wildman–Crippen MR) is 111 cm³/mol. The van der Waals surface area contributed by atoms with Crippen molar-refractivity contribution in [2.75, 3.05) is 40.0 Å². The van der Waals surface area contributed by atoms with Gasteiger partial charge in [-0.2, -0.15) is 0 Å². The van der Waals surface area contributed by atoms with Gasteiger partial charge in [0.1, 0.15) is 30.5 Å². The first-order valence-electron chi connectivity index (χ1n) is 10.00. The number of hydrogen-bond acceptors (Lipinski definition) is 4. The second kappa shape index (κ2) is 8.68. The highest BCUT2D eigenvalue weighted by molar-refractivity contribution is 5.98. The molecule has 1 fully saturated rings. The largest absolute Gasteiger partial charge is 0.497 e. The average Bonchev–Trinajstić information content (AvgIpc) is 3.12. The Bertz CT molecular complexity index is 974. The summed E-state index contributed by atoms with van der Waals surface area (Å²) in [5.41, 5.74) is 2.78.